The van der Waals surface area contributed by atoms with Gasteiger partial charge in [0.15, 0.2) is 11.6 Å². The van der Waals surface area contributed by atoms with Crippen molar-refractivity contribution in [3.8, 4) is 0 Å². The van der Waals surface area contributed by atoms with E-state index in [1.54, 1.807) is 24.1 Å². The van der Waals surface area contributed by atoms with E-state index in [1.165, 1.54) is 32.1 Å². The maximum atomic E-state index is 14.6. The minimum absolute atomic E-state index is 0.00293. The van der Waals surface area contributed by atoms with E-state index in [0.29, 0.717) is 62.8 Å². The van der Waals surface area contributed by atoms with Gasteiger partial charge in [0.2, 0.25) is 29.5 Å². The summed E-state index contributed by atoms with van der Waals surface area (Å²) >= 11 is 0. The number of nitrogens with one attached hydrogen (secondary N) is 5. The largest absolute Gasteiger partial charge is 0.445 e. The van der Waals surface area contributed by atoms with Gasteiger partial charge in [0, 0.05) is 88.9 Å². The Kier molecular flexibility index (Phi) is 23.4. The van der Waals surface area contributed by atoms with Gasteiger partial charge < -0.3 is 99.4 Å². The summed E-state index contributed by atoms with van der Waals surface area (Å²) in [4.78, 5) is 105. The van der Waals surface area contributed by atoms with Crippen molar-refractivity contribution in [2.75, 3.05) is 58.5 Å². The molecular weight excluding hydrogens is 1300 g/mol. The normalized spacial score (nSPS) is 36.9. The average molecular weight is 1400 g/mol. The van der Waals surface area contributed by atoms with Gasteiger partial charge in [-0.25, -0.2) is 4.79 Å². The quantitative estimate of drug-likeness (QED) is 0.0374. The summed E-state index contributed by atoms with van der Waals surface area (Å²) in [5.74, 6) is -5.51. The highest BCUT2D eigenvalue weighted by Crippen LogP contribution is 2.73. The molecule has 11 heterocycles. The Labute approximate surface area is 581 Å². The van der Waals surface area contributed by atoms with Crippen LogP contribution in [0, 0.1) is 23.7 Å². The molecule has 9 N–H and O–H groups in total. The Morgan fingerprint density at radius 1 is 0.790 bits per heavy atom. The van der Waals surface area contributed by atoms with Crippen molar-refractivity contribution in [3.63, 3.8) is 0 Å². The summed E-state index contributed by atoms with van der Waals surface area (Å²) in [7, 11) is 1.58. The number of benzene rings is 1. The molecule has 100 heavy (non-hydrogen) atoms. The van der Waals surface area contributed by atoms with Crippen molar-refractivity contribution in [1.29, 1.82) is 0 Å². The second-order valence-electron chi connectivity index (χ2n) is 29.1. The van der Waals surface area contributed by atoms with Crippen LogP contribution < -0.4 is 32.3 Å². The van der Waals surface area contributed by atoms with Crippen LogP contribution in [0.1, 0.15) is 123 Å². The van der Waals surface area contributed by atoms with Crippen LogP contribution in [0.25, 0.3) is 0 Å². The van der Waals surface area contributed by atoms with Crippen LogP contribution in [0.15, 0.2) is 60.2 Å². The van der Waals surface area contributed by atoms with Gasteiger partial charge >= 0.3 is 6.09 Å². The van der Waals surface area contributed by atoms with Gasteiger partial charge in [-0.05, 0) is 99.6 Å². The number of hydrogen-bond acceptors (Lipinski definition) is 23. The number of ether oxygens (including phenoxy) is 12. The number of fused-ring (bicyclic) bond motifs is 6. The molecule has 6 amide bonds. The fraction of sp³-hybridized carbons (Fsp3) is 0.718. The van der Waals surface area contributed by atoms with Gasteiger partial charge in [0.05, 0.1) is 118 Å². The molecule has 2 spiro atoms. The van der Waals surface area contributed by atoms with Crippen LogP contribution in [-0.2, 0) is 97.0 Å². The second kappa shape index (κ2) is 31.8. The number of hydrogen-bond donors (Lipinski definition) is 8. The smallest absolute Gasteiger partial charge is 0.407 e. The number of nitrogens with two attached hydrogens (primary N) is 1. The molecule has 18 unspecified atom stereocenters. The van der Waals surface area contributed by atoms with E-state index in [0.717, 1.165) is 49.7 Å². The number of primary amides is 1. The van der Waals surface area contributed by atoms with Crippen molar-refractivity contribution in [2.24, 2.45) is 29.4 Å². The molecule has 550 valence electrons. The number of rotatable bonds is 26. The highest BCUT2D eigenvalue weighted by atomic mass is 16.8. The number of alkyl carbamates (subject to hydrolysis) is 1. The number of anilines is 1. The summed E-state index contributed by atoms with van der Waals surface area (Å²) in [6.07, 6.45) is 2.33. The molecular formula is C71H99N7O22. The molecule has 12 aliphatic rings. The predicted molar refractivity (Wildman–Crippen MR) is 352 cm³/mol. The summed E-state index contributed by atoms with van der Waals surface area (Å²) in [6.45, 7) is 15.0. The monoisotopic (exact) mass is 1400 g/mol. The second-order valence-corrected chi connectivity index (χ2v) is 29.1. The molecule has 1 aromatic rings. The molecule has 11 fully saturated rings. The topological polar surface area (TPSA) is 377 Å². The molecule has 1 saturated carbocycles. The number of methoxy groups -OCH3 is 1. The molecule has 10 saturated heterocycles. The fourth-order valence-electron chi connectivity index (χ4n) is 16.8. The third-order valence-corrected chi connectivity index (χ3v) is 22.0. The molecule has 1 aromatic carbocycles. The lowest BCUT2D eigenvalue weighted by Gasteiger charge is -2.80. The van der Waals surface area contributed by atoms with Gasteiger partial charge in [0.1, 0.15) is 55.2 Å². The van der Waals surface area contributed by atoms with E-state index in [2.05, 4.69) is 46.7 Å². The van der Waals surface area contributed by atoms with Gasteiger partial charge in [-0.3, -0.25) is 38.5 Å². The van der Waals surface area contributed by atoms with Crippen molar-refractivity contribution in [1.82, 2.24) is 26.2 Å². The lowest BCUT2D eigenvalue weighted by molar-refractivity contribution is -0.620. The van der Waals surface area contributed by atoms with E-state index < -0.39 is 114 Å². The average Bonchev–Trinajstić information content (AvgIpc) is 0.675. The van der Waals surface area contributed by atoms with E-state index in [9.17, 15) is 48.6 Å². The summed E-state index contributed by atoms with van der Waals surface area (Å²) in [6, 6.07) is 2.48. The van der Waals surface area contributed by atoms with Gasteiger partial charge in [-0.15, -0.1) is 0 Å². The first-order chi connectivity index (χ1) is 48.0. The first-order valence-electron chi connectivity index (χ1n) is 35.6. The van der Waals surface area contributed by atoms with Crippen LogP contribution in [0.5, 0.6) is 0 Å². The number of amides is 6. The number of nitrogens with zero attached hydrogens (tertiary/aromatic N) is 1. The van der Waals surface area contributed by atoms with Gasteiger partial charge in [-0.1, -0.05) is 32.2 Å². The fourth-order valence-corrected chi connectivity index (χ4v) is 16.8. The molecule has 11 aliphatic heterocycles. The number of aldehydes is 1. The molecule has 0 radical (unpaired) electrons. The van der Waals surface area contributed by atoms with Gasteiger partial charge in [-0.2, -0.15) is 0 Å². The standard InChI is InChI=1S/C71H99N7O22/c1-36-23-46-11-13-51-37(2)24-48(93-51)15-17-70-31-56-60-64-61(71(60,98-56)100-70)65(99-70)63-52(97-64)14-12-47(95-63)26-44(80)27-49-54(30-53(94-46)38(36)3)96-55(62(49)89-6)28-45(81)32-73-69(88)92-35-41-7-9-43(10-8-41)76-68(87)50(29-57(72)82)77-67(86)40(5)75-66(85)39(4)74-58(83)16-19-90-21-22-91-20-18-78-33-42(34-79)25-59(78)84/h7-10,25,34,36,39-40,45-56,59-65,81,84H,2-3,11-24,26-33,35H2,1,4-6H3,(H2,72,82)(H,73,88)(H,74,83)(H,75,85)(H,76,87)(H,77,86)/t36-,39?,40+,45?,46?,47?,48?,49?,50?,51?,52?,53?,54?,55?,56-,59?,60?,61?,62-,63+,64?,65?,70-,71?/m1/s1. The Bertz CT molecular complexity index is 3230. The van der Waals surface area contributed by atoms with Crippen molar-refractivity contribution < 1.29 is 105 Å². The van der Waals surface area contributed by atoms with Crippen LogP contribution in [0.3, 0.4) is 0 Å². The highest BCUT2D eigenvalue weighted by Gasteiger charge is 2.86. The lowest BCUT2D eigenvalue weighted by atomic mass is 9.51. The van der Waals surface area contributed by atoms with Crippen LogP contribution in [0.4, 0.5) is 10.5 Å². The maximum absolute atomic E-state index is 14.6. The van der Waals surface area contributed by atoms with Crippen LogP contribution in [-0.4, -0.2) is 237 Å². The Morgan fingerprint density at radius 2 is 1.53 bits per heavy atom. The summed E-state index contributed by atoms with van der Waals surface area (Å²) < 4.78 is 77.5. The zero-order valence-corrected chi connectivity index (χ0v) is 57.4. The SMILES string of the molecule is C=C1CC2CC[C@]34C[C@H]5OC6(O3)C3C(OC7CCC(CC(=O)CC8C(CC9OC(CCC1O2)C[C@@H](C)C9=C)OC(CC(O)CNC(=O)OCc1ccc(NC(=O)C(CC(N)=O)NC(=O)[C@H](C)NC(=O)C(C)NC(=O)CCOCCOCCN2CC(C=O)=CC2O)cc1)[C@@H]8OC)O[C@@H]7C3O4)C56. The zero-order chi connectivity index (χ0) is 70.7. The van der Waals surface area contributed by atoms with Gasteiger partial charge in [0.25, 0.3) is 0 Å². The van der Waals surface area contributed by atoms with Crippen molar-refractivity contribution in [3.05, 3.63) is 65.8 Å². The highest BCUT2D eigenvalue weighted by molar-refractivity contribution is 6.00. The van der Waals surface area contributed by atoms with Crippen molar-refractivity contribution in [2.45, 2.75) is 245 Å². The molecule has 24 atom stereocenters. The number of carbonyl (C=O) groups excluding carboxylic acids is 8. The molecule has 29 nitrogen and oxygen atoms in total. The minimum Gasteiger partial charge on any atom is -0.445 e. The number of Topliss-reactive ketones (excluding diaryl/α,β-unsaturated/α-hetero) is 1. The maximum Gasteiger partial charge on any atom is 0.407 e. The van der Waals surface area contributed by atoms with E-state index in [-0.39, 0.29) is 143 Å². The molecule has 1 aliphatic carbocycles. The van der Waals surface area contributed by atoms with E-state index in [4.69, 9.17) is 62.6 Å². The third-order valence-electron chi connectivity index (χ3n) is 22.0. The number of aliphatic hydroxyl groups excluding tert-OH is 2. The molecule has 29 heteroatoms. The van der Waals surface area contributed by atoms with E-state index in [1.807, 2.05) is 0 Å². The van der Waals surface area contributed by atoms with E-state index >= 15 is 0 Å². The van der Waals surface area contributed by atoms with Crippen LogP contribution in [0.2, 0.25) is 0 Å². The summed E-state index contributed by atoms with van der Waals surface area (Å²) in [5.41, 5.74) is 8.77. The Balaban J connectivity index is 0.591. The number of aliphatic hydroxyl groups is 2. The molecule has 13 rings (SSSR count). The third kappa shape index (κ3) is 16.6. The number of ketones is 1. The minimum atomic E-state index is -1.45. The first kappa shape index (κ1) is 73.6. The molecule has 0 aromatic heterocycles. The van der Waals surface area contributed by atoms with Crippen LogP contribution >= 0.6 is 0 Å². The summed E-state index contributed by atoms with van der Waals surface area (Å²) in [5, 5.41) is 34.2. The Hall–Kier alpha value is -6.16. The predicted octanol–water partition coefficient (Wildman–Crippen LogP) is 2.10. The molecule has 10 bridgehead atoms. The van der Waals surface area contributed by atoms with Crippen molar-refractivity contribution >= 4 is 53.4 Å². The lowest BCUT2D eigenvalue weighted by Crippen LogP contribution is -2.93. The first-order valence-corrected chi connectivity index (χ1v) is 35.6. The number of carbonyl (C=O) groups is 8. The Morgan fingerprint density at radius 3 is 2.29 bits per heavy atom. The zero-order valence-electron chi connectivity index (χ0n) is 57.4.